The van der Waals surface area contributed by atoms with Gasteiger partial charge in [-0.15, -0.1) is 11.8 Å². The molecule has 1 atom stereocenters. The number of halogens is 1. The number of nitrogens with zero attached hydrogens (tertiary/aromatic N) is 1. The number of thioether (sulfide) groups is 1. The van der Waals surface area contributed by atoms with Gasteiger partial charge in [0.15, 0.2) is 0 Å². The van der Waals surface area contributed by atoms with Gasteiger partial charge < -0.3 is 10.1 Å². The molecule has 1 aliphatic rings. The zero-order chi connectivity index (χ0) is 20.1. The molecule has 0 unspecified atom stereocenters. The highest BCUT2D eigenvalue weighted by Gasteiger charge is 2.40. The van der Waals surface area contributed by atoms with Crippen molar-refractivity contribution in [2.75, 3.05) is 22.6 Å². The summed E-state index contributed by atoms with van der Waals surface area (Å²) in [6.07, 6.45) is 0.0743. The van der Waals surface area contributed by atoms with Crippen LogP contribution in [-0.2, 0) is 14.4 Å². The van der Waals surface area contributed by atoms with Gasteiger partial charge in [0.05, 0.1) is 23.3 Å². The van der Waals surface area contributed by atoms with E-state index in [-0.39, 0.29) is 29.9 Å². The Morgan fingerprint density at radius 1 is 1.18 bits per heavy atom. The molecule has 146 valence electrons. The lowest BCUT2D eigenvalue weighted by Gasteiger charge is -2.15. The second-order valence-electron chi connectivity index (χ2n) is 6.05. The highest BCUT2D eigenvalue weighted by atomic mass is 35.5. The maximum atomic E-state index is 12.6. The molecule has 0 bridgehead atoms. The van der Waals surface area contributed by atoms with Gasteiger partial charge in [0.25, 0.3) is 0 Å². The first kappa shape index (κ1) is 20.2. The van der Waals surface area contributed by atoms with E-state index in [1.807, 2.05) is 6.92 Å². The summed E-state index contributed by atoms with van der Waals surface area (Å²) in [5, 5.41) is 2.74. The van der Waals surface area contributed by atoms with Crippen molar-refractivity contribution in [2.45, 2.75) is 18.6 Å². The van der Waals surface area contributed by atoms with Crippen LogP contribution in [0.1, 0.15) is 13.3 Å². The van der Waals surface area contributed by atoms with E-state index in [1.54, 1.807) is 48.5 Å². The molecule has 0 spiro atoms. The molecule has 1 heterocycles. The average molecular weight is 419 g/mol. The largest absolute Gasteiger partial charge is 0.494 e. The third-order valence-corrected chi connectivity index (χ3v) is 5.51. The van der Waals surface area contributed by atoms with Gasteiger partial charge in [0, 0.05) is 17.1 Å². The molecule has 28 heavy (non-hydrogen) atoms. The van der Waals surface area contributed by atoms with Crippen molar-refractivity contribution >= 4 is 52.5 Å². The first-order valence-electron chi connectivity index (χ1n) is 8.74. The zero-order valence-corrected chi connectivity index (χ0v) is 16.8. The number of carbonyl (C=O) groups is 3. The van der Waals surface area contributed by atoms with Gasteiger partial charge in [-0.05, 0) is 55.5 Å². The summed E-state index contributed by atoms with van der Waals surface area (Å²) < 4.78 is 5.37. The Balaban J connectivity index is 1.57. The molecule has 1 N–H and O–H groups in total. The molecule has 1 aliphatic heterocycles. The topological polar surface area (TPSA) is 75.7 Å². The van der Waals surface area contributed by atoms with Crippen LogP contribution in [0.25, 0.3) is 0 Å². The minimum Gasteiger partial charge on any atom is -0.494 e. The standard InChI is InChI=1S/C20H19ClN2O4S/c1-2-27-16-9-7-15(8-10-16)23-19(25)11-17(20(23)26)28-12-18(24)22-14-5-3-13(21)4-6-14/h3-10,17H,2,11-12H2,1H3,(H,22,24)/t17-/m1/s1. The van der Waals surface area contributed by atoms with Gasteiger partial charge in [-0.25, -0.2) is 4.90 Å². The lowest BCUT2D eigenvalue weighted by molar-refractivity contribution is -0.121. The fourth-order valence-corrected chi connectivity index (χ4v) is 3.83. The first-order valence-corrected chi connectivity index (χ1v) is 10.2. The van der Waals surface area contributed by atoms with Crippen molar-refractivity contribution in [2.24, 2.45) is 0 Å². The van der Waals surface area contributed by atoms with Crippen LogP contribution in [0, 0.1) is 0 Å². The zero-order valence-electron chi connectivity index (χ0n) is 15.2. The van der Waals surface area contributed by atoms with Crippen LogP contribution in [0.15, 0.2) is 48.5 Å². The molecule has 0 radical (unpaired) electrons. The van der Waals surface area contributed by atoms with Crippen molar-refractivity contribution in [1.29, 1.82) is 0 Å². The first-order chi connectivity index (χ1) is 13.5. The number of benzene rings is 2. The fraction of sp³-hybridized carbons (Fsp3) is 0.250. The van der Waals surface area contributed by atoms with Crippen molar-refractivity contribution in [3.05, 3.63) is 53.6 Å². The summed E-state index contributed by atoms with van der Waals surface area (Å²) >= 11 is 6.98. The quantitative estimate of drug-likeness (QED) is 0.693. The highest BCUT2D eigenvalue weighted by Crippen LogP contribution is 2.30. The molecule has 8 heteroatoms. The Bertz CT molecular complexity index is 871. The Morgan fingerprint density at radius 2 is 1.86 bits per heavy atom. The van der Waals surface area contributed by atoms with Crippen molar-refractivity contribution in [3.63, 3.8) is 0 Å². The molecule has 2 aromatic carbocycles. The third-order valence-electron chi connectivity index (χ3n) is 4.05. The number of hydrogen-bond donors (Lipinski definition) is 1. The predicted molar refractivity (Wildman–Crippen MR) is 111 cm³/mol. The van der Waals surface area contributed by atoms with Crippen LogP contribution in [0.2, 0.25) is 5.02 Å². The lowest BCUT2D eigenvalue weighted by Crippen LogP contribution is -2.31. The number of carbonyl (C=O) groups excluding carboxylic acids is 3. The highest BCUT2D eigenvalue weighted by molar-refractivity contribution is 8.01. The van der Waals surface area contributed by atoms with Crippen LogP contribution in [-0.4, -0.2) is 35.3 Å². The van der Waals surface area contributed by atoms with Gasteiger partial charge in [0.1, 0.15) is 5.75 Å². The maximum Gasteiger partial charge on any atom is 0.247 e. The molecule has 0 saturated carbocycles. The lowest BCUT2D eigenvalue weighted by atomic mass is 10.3. The van der Waals surface area contributed by atoms with Gasteiger partial charge in [-0.3, -0.25) is 14.4 Å². The predicted octanol–water partition coefficient (Wildman–Crippen LogP) is 3.74. The molecule has 0 aromatic heterocycles. The summed E-state index contributed by atoms with van der Waals surface area (Å²) in [5.74, 6) is -0.0749. The number of hydrogen-bond acceptors (Lipinski definition) is 5. The minimum atomic E-state index is -0.574. The molecular formula is C20H19ClN2O4S. The number of rotatable bonds is 7. The van der Waals surface area contributed by atoms with Crippen LogP contribution in [0.4, 0.5) is 11.4 Å². The van der Waals surface area contributed by atoms with Crippen LogP contribution in [0.5, 0.6) is 5.75 Å². The van der Waals surface area contributed by atoms with E-state index in [4.69, 9.17) is 16.3 Å². The van der Waals surface area contributed by atoms with E-state index in [0.717, 1.165) is 11.8 Å². The molecular weight excluding hydrogens is 400 g/mol. The van der Waals surface area contributed by atoms with Gasteiger partial charge in [0.2, 0.25) is 17.7 Å². The van der Waals surface area contributed by atoms with E-state index in [0.29, 0.717) is 28.8 Å². The van der Waals surface area contributed by atoms with E-state index >= 15 is 0 Å². The van der Waals surface area contributed by atoms with Crippen LogP contribution in [0.3, 0.4) is 0 Å². The summed E-state index contributed by atoms with van der Waals surface area (Å²) in [4.78, 5) is 38.2. The summed E-state index contributed by atoms with van der Waals surface area (Å²) in [7, 11) is 0. The van der Waals surface area contributed by atoms with Crippen molar-refractivity contribution in [1.82, 2.24) is 0 Å². The molecule has 3 amide bonds. The number of ether oxygens (including phenoxy) is 1. The SMILES string of the molecule is CCOc1ccc(N2C(=O)C[C@@H](SCC(=O)Nc3ccc(Cl)cc3)C2=O)cc1. The molecule has 3 rings (SSSR count). The number of imide groups is 1. The third kappa shape index (κ3) is 4.85. The smallest absolute Gasteiger partial charge is 0.247 e. The van der Waals surface area contributed by atoms with Crippen LogP contribution >= 0.6 is 23.4 Å². The second kappa shape index (κ2) is 9.12. The van der Waals surface area contributed by atoms with E-state index in [1.165, 1.54) is 4.90 Å². The van der Waals surface area contributed by atoms with E-state index in [9.17, 15) is 14.4 Å². The molecule has 6 nitrogen and oxygen atoms in total. The summed E-state index contributed by atoms with van der Waals surface area (Å²) in [6.45, 7) is 2.42. The van der Waals surface area contributed by atoms with E-state index in [2.05, 4.69) is 5.32 Å². The van der Waals surface area contributed by atoms with Gasteiger partial charge in [-0.1, -0.05) is 11.6 Å². The number of amides is 3. The fourth-order valence-electron chi connectivity index (χ4n) is 2.77. The Morgan fingerprint density at radius 3 is 2.50 bits per heavy atom. The monoisotopic (exact) mass is 418 g/mol. The van der Waals surface area contributed by atoms with Crippen LogP contribution < -0.4 is 15.0 Å². The van der Waals surface area contributed by atoms with Gasteiger partial charge in [-0.2, -0.15) is 0 Å². The number of anilines is 2. The van der Waals surface area contributed by atoms with Crippen molar-refractivity contribution in [3.8, 4) is 5.75 Å². The average Bonchev–Trinajstić information content (AvgIpc) is 2.96. The maximum absolute atomic E-state index is 12.6. The summed E-state index contributed by atoms with van der Waals surface area (Å²) in [6, 6.07) is 13.6. The second-order valence-corrected chi connectivity index (χ2v) is 7.68. The molecule has 1 saturated heterocycles. The normalized spacial score (nSPS) is 16.4. The molecule has 0 aliphatic carbocycles. The van der Waals surface area contributed by atoms with E-state index < -0.39 is 5.25 Å². The number of nitrogens with one attached hydrogen (secondary N) is 1. The molecule has 1 fully saturated rings. The van der Waals surface area contributed by atoms with Crippen molar-refractivity contribution < 1.29 is 19.1 Å². The Labute approximate surface area is 172 Å². The van der Waals surface area contributed by atoms with Gasteiger partial charge >= 0.3 is 0 Å². The Kier molecular flexibility index (Phi) is 6.59. The minimum absolute atomic E-state index is 0.0728. The molecule has 2 aromatic rings. The summed E-state index contributed by atoms with van der Waals surface area (Å²) in [5.41, 5.74) is 1.13. The Hall–Kier alpha value is -2.51.